The summed E-state index contributed by atoms with van der Waals surface area (Å²) < 4.78 is 0. The zero-order valence-corrected chi connectivity index (χ0v) is 16.0. The van der Waals surface area contributed by atoms with Crippen molar-refractivity contribution in [3.63, 3.8) is 0 Å². The summed E-state index contributed by atoms with van der Waals surface area (Å²) in [5.41, 5.74) is 1.82. The van der Waals surface area contributed by atoms with Crippen molar-refractivity contribution in [3.8, 4) is 0 Å². The van der Waals surface area contributed by atoms with Crippen molar-refractivity contribution in [1.29, 1.82) is 0 Å². The first kappa shape index (κ1) is 20.0. The fourth-order valence-corrected chi connectivity index (χ4v) is 2.89. The molecule has 2 rings (SSSR count). The third-order valence-corrected chi connectivity index (χ3v) is 4.39. The molecule has 0 aromatic heterocycles. The molecule has 0 aliphatic rings. The highest BCUT2D eigenvalue weighted by Gasteiger charge is 2.25. The van der Waals surface area contributed by atoms with Gasteiger partial charge in [-0.25, -0.2) is 0 Å². The number of benzene rings is 2. The van der Waals surface area contributed by atoms with E-state index in [0.717, 1.165) is 17.5 Å². The van der Waals surface area contributed by atoms with Gasteiger partial charge in [-0.3, -0.25) is 9.59 Å². The van der Waals surface area contributed by atoms with Crippen LogP contribution in [-0.4, -0.2) is 29.3 Å². The van der Waals surface area contributed by atoms with Crippen molar-refractivity contribution in [2.75, 3.05) is 6.54 Å². The first-order valence-electron chi connectivity index (χ1n) is 8.86. The van der Waals surface area contributed by atoms with Crippen LogP contribution in [0.4, 0.5) is 0 Å². The first-order valence-corrected chi connectivity index (χ1v) is 9.24. The second kappa shape index (κ2) is 9.97. The van der Waals surface area contributed by atoms with Crippen LogP contribution in [0.2, 0.25) is 5.02 Å². The zero-order valence-electron chi connectivity index (χ0n) is 15.2. The molecule has 0 heterocycles. The second-order valence-corrected chi connectivity index (χ2v) is 6.72. The van der Waals surface area contributed by atoms with Crippen LogP contribution in [0.25, 0.3) is 0 Å². The fraction of sp³-hybridized carbons (Fsp3) is 0.333. The molecule has 26 heavy (non-hydrogen) atoms. The highest BCUT2D eigenvalue weighted by Crippen LogP contribution is 2.15. The van der Waals surface area contributed by atoms with E-state index in [9.17, 15) is 9.59 Å². The fourth-order valence-electron chi connectivity index (χ4n) is 2.68. The molecule has 0 aliphatic heterocycles. The third kappa shape index (κ3) is 5.88. The summed E-state index contributed by atoms with van der Waals surface area (Å²) in [6.07, 6.45) is 1.06. The largest absolute Gasteiger partial charge is 0.354 e. The van der Waals surface area contributed by atoms with E-state index in [1.165, 1.54) is 0 Å². The van der Waals surface area contributed by atoms with Gasteiger partial charge in [-0.1, -0.05) is 61.0 Å². The Hall–Kier alpha value is -2.33. The molecule has 5 heteroatoms. The normalized spacial score (nSPS) is 11.7. The van der Waals surface area contributed by atoms with Gasteiger partial charge in [0.25, 0.3) is 0 Å². The van der Waals surface area contributed by atoms with Gasteiger partial charge in [0.2, 0.25) is 11.8 Å². The van der Waals surface area contributed by atoms with Crippen LogP contribution in [0.1, 0.15) is 31.4 Å². The number of carbonyl (C=O) groups excluding carboxylic acids is 2. The number of amides is 2. The highest BCUT2D eigenvalue weighted by atomic mass is 35.5. The van der Waals surface area contributed by atoms with Crippen LogP contribution in [0.5, 0.6) is 0 Å². The Bertz CT molecular complexity index is 734. The lowest BCUT2D eigenvalue weighted by atomic mass is 10.1. The van der Waals surface area contributed by atoms with E-state index in [1.807, 2.05) is 49.4 Å². The lowest BCUT2D eigenvalue weighted by Crippen LogP contribution is -2.48. The van der Waals surface area contributed by atoms with Gasteiger partial charge in [0, 0.05) is 18.1 Å². The van der Waals surface area contributed by atoms with Gasteiger partial charge in [-0.2, -0.15) is 0 Å². The molecule has 2 amide bonds. The SMILES string of the molecule is CCCNC(=O)[C@H](C)N(Cc1ccccc1)C(=O)Cc1cccc(Cl)c1. The standard InChI is InChI=1S/C21H25ClN2O2/c1-3-12-23-21(26)16(2)24(15-17-8-5-4-6-9-17)20(25)14-18-10-7-11-19(22)13-18/h4-11,13,16H,3,12,14-15H2,1-2H3,(H,23,26)/t16-/m0/s1. The van der Waals surface area contributed by atoms with Crippen molar-refractivity contribution < 1.29 is 9.59 Å². The minimum absolute atomic E-state index is 0.102. The Kier molecular flexibility index (Phi) is 7.67. The van der Waals surface area contributed by atoms with Crippen LogP contribution in [0.3, 0.4) is 0 Å². The number of nitrogens with zero attached hydrogens (tertiary/aromatic N) is 1. The summed E-state index contributed by atoms with van der Waals surface area (Å²) in [5, 5.41) is 3.47. The van der Waals surface area contributed by atoms with Gasteiger partial charge in [0.05, 0.1) is 6.42 Å². The number of nitrogens with one attached hydrogen (secondary N) is 1. The average molecular weight is 373 g/mol. The Balaban J connectivity index is 2.18. The molecule has 0 spiro atoms. The Morgan fingerprint density at radius 2 is 1.77 bits per heavy atom. The number of hydrogen-bond acceptors (Lipinski definition) is 2. The maximum Gasteiger partial charge on any atom is 0.242 e. The molecule has 0 radical (unpaired) electrons. The molecule has 1 atom stereocenters. The van der Waals surface area contributed by atoms with Gasteiger partial charge in [0.1, 0.15) is 6.04 Å². The Labute approximate surface area is 160 Å². The van der Waals surface area contributed by atoms with Crippen LogP contribution in [-0.2, 0) is 22.6 Å². The van der Waals surface area contributed by atoms with E-state index < -0.39 is 6.04 Å². The maximum absolute atomic E-state index is 13.0. The molecule has 2 aromatic rings. The number of carbonyl (C=O) groups is 2. The molecule has 0 aliphatic carbocycles. The molecular formula is C21H25ClN2O2. The van der Waals surface area contributed by atoms with Gasteiger partial charge < -0.3 is 10.2 Å². The first-order chi connectivity index (χ1) is 12.5. The monoisotopic (exact) mass is 372 g/mol. The van der Waals surface area contributed by atoms with Crippen molar-refractivity contribution in [2.24, 2.45) is 0 Å². The van der Waals surface area contributed by atoms with Crippen LogP contribution < -0.4 is 5.32 Å². The summed E-state index contributed by atoms with van der Waals surface area (Å²) in [6, 6.07) is 16.4. The summed E-state index contributed by atoms with van der Waals surface area (Å²) >= 11 is 6.02. The van der Waals surface area contributed by atoms with Crippen LogP contribution in [0.15, 0.2) is 54.6 Å². The molecule has 0 saturated heterocycles. The van der Waals surface area contributed by atoms with E-state index in [2.05, 4.69) is 5.32 Å². The minimum atomic E-state index is -0.548. The quantitative estimate of drug-likeness (QED) is 0.765. The molecule has 0 saturated carbocycles. The summed E-state index contributed by atoms with van der Waals surface area (Å²) in [4.78, 5) is 27.0. The average Bonchev–Trinajstić information content (AvgIpc) is 2.64. The Morgan fingerprint density at radius 3 is 2.42 bits per heavy atom. The lowest BCUT2D eigenvalue weighted by Gasteiger charge is -2.29. The lowest BCUT2D eigenvalue weighted by molar-refractivity contribution is -0.140. The second-order valence-electron chi connectivity index (χ2n) is 6.28. The molecule has 4 nitrogen and oxygen atoms in total. The number of rotatable bonds is 8. The summed E-state index contributed by atoms with van der Waals surface area (Å²) in [7, 11) is 0. The summed E-state index contributed by atoms with van der Waals surface area (Å²) in [6.45, 7) is 4.76. The number of halogens is 1. The van der Waals surface area contributed by atoms with Gasteiger partial charge in [0.15, 0.2) is 0 Å². The molecule has 0 unspecified atom stereocenters. The molecule has 138 valence electrons. The van der Waals surface area contributed by atoms with E-state index >= 15 is 0 Å². The highest BCUT2D eigenvalue weighted by molar-refractivity contribution is 6.30. The van der Waals surface area contributed by atoms with Gasteiger partial charge in [-0.05, 0) is 36.6 Å². The minimum Gasteiger partial charge on any atom is -0.354 e. The van der Waals surface area contributed by atoms with Crippen molar-refractivity contribution in [2.45, 2.75) is 39.3 Å². The smallest absolute Gasteiger partial charge is 0.242 e. The van der Waals surface area contributed by atoms with E-state index in [-0.39, 0.29) is 18.2 Å². The molecular weight excluding hydrogens is 348 g/mol. The predicted molar refractivity (Wildman–Crippen MR) is 105 cm³/mol. The maximum atomic E-state index is 13.0. The van der Waals surface area contributed by atoms with E-state index in [1.54, 1.807) is 24.0 Å². The molecule has 0 bridgehead atoms. The van der Waals surface area contributed by atoms with E-state index in [0.29, 0.717) is 18.1 Å². The predicted octanol–water partition coefficient (Wildman–Crippen LogP) is 3.83. The van der Waals surface area contributed by atoms with E-state index in [4.69, 9.17) is 11.6 Å². The van der Waals surface area contributed by atoms with Crippen molar-refractivity contribution >= 4 is 23.4 Å². The Morgan fingerprint density at radius 1 is 1.08 bits per heavy atom. The molecule has 1 N–H and O–H groups in total. The number of hydrogen-bond donors (Lipinski definition) is 1. The van der Waals surface area contributed by atoms with Crippen LogP contribution >= 0.6 is 11.6 Å². The molecule has 2 aromatic carbocycles. The van der Waals surface area contributed by atoms with Crippen molar-refractivity contribution in [3.05, 3.63) is 70.7 Å². The zero-order chi connectivity index (χ0) is 18.9. The molecule has 0 fully saturated rings. The van der Waals surface area contributed by atoms with Crippen molar-refractivity contribution in [1.82, 2.24) is 10.2 Å². The topological polar surface area (TPSA) is 49.4 Å². The third-order valence-electron chi connectivity index (χ3n) is 4.16. The van der Waals surface area contributed by atoms with Crippen LogP contribution in [0, 0.1) is 0 Å². The van der Waals surface area contributed by atoms with Gasteiger partial charge in [-0.15, -0.1) is 0 Å². The van der Waals surface area contributed by atoms with Gasteiger partial charge >= 0.3 is 0 Å². The summed E-state index contributed by atoms with van der Waals surface area (Å²) in [5.74, 6) is -0.238.